The Morgan fingerprint density at radius 2 is 1.94 bits per heavy atom. The van der Waals surface area contributed by atoms with Crippen molar-refractivity contribution in [2.75, 3.05) is 6.54 Å². The van der Waals surface area contributed by atoms with Crippen LogP contribution >= 0.6 is 11.6 Å². The number of aliphatic carboxylic acids is 1. The summed E-state index contributed by atoms with van der Waals surface area (Å²) in [6.45, 7) is 1.18. The van der Waals surface area contributed by atoms with Crippen molar-refractivity contribution in [3.05, 3.63) is 70.2 Å². The topological polar surface area (TPSA) is 136 Å². The molecule has 0 radical (unpaired) electrons. The second-order valence-corrected chi connectivity index (χ2v) is 7.44. The van der Waals surface area contributed by atoms with Gasteiger partial charge in [0.25, 0.3) is 5.88 Å². The van der Waals surface area contributed by atoms with Gasteiger partial charge in [-0.1, -0.05) is 35.9 Å². The Balaban J connectivity index is 1.79. The number of carbonyl (C=O) groups excluding carboxylic acids is 1. The van der Waals surface area contributed by atoms with Gasteiger partial charge in [-0.05, 0) is 40.9 Å². The van der Waals surface area contributed by atoms with Gasteiger partial charge >= 0.3 is 11.9 Å². The lowest BCUT2D eigenvalue weighted by molar-refractivity contribution is -0.148. The van der Waals surface area contributed by atoms with Gasteiger partial charge in [-0.25, -0.2) is 14.2 Å². The second-order valence-electron chi connectivity index (χ2n) is 7.01. The minimum Gasteiger partial charge on any atom is -0.491 e. The Morgan fingerprint density at radius 3 is 2.53 bits per heavy atom. The number of aliphatic hydroxyl groups excluding tert-OH is 1. The van der Waals surface area contributed by atoms with Crippen LogP contribution in [0.15, 0.2) is 47.0 Å². The van der Waals surface area contributed by atoms with Gasteiger partial charge in [-0.15, -0.1) is 0 Å². The van der Waals surface area contributed by atoms with Crippen molar-refractivity contribution in [1.29, 1.82) is 0 Å². The third kappa shape index (κ3) is 5.61. The molecule has 0 aliphatic carbocycles. The summed E-state index contributed by atoms with van der Waals surface area (Å²) >= 11 is 6.03. The molecule has 0 aliphatic heterocycles. The lowest BCUT2D eigenvalue weighted by Crippen LogP contribution is -2.47. The molecule has 0 fully saturated rings. The molecule has 1 aromatic heterocycles. The lowest BCUT2D eigenvalue weighted by atomic mass is 10.0. The van der Waals surface area contributed by atoms with Crippen molar-refractivity contribution in [2.45, 2.75) is 19.6 Å². The SMILES string of the molecule is Cc1cc(Cl)cc(-c2ccc(CN(CC(O)C(=O)O)NC(=O)c3cc(O)no3)cc2)c1F. The van der Waals surface area contributed by atoms with Crippen LogP contribution in [0.2, 0.25) is 5.02 Å². The highest BCUT2D eigenvalue weighted by Gasteiger charge is 2.22. The van der Waals surface area contributed by atoms with Crippen LogP contribution in [0.1, 0.15) is 21.7 Å². The van der Waals surface area contributed by atoms with Crippen molar-refractivity contribution in [1.82, 2.24) is 15.6 Å². The Morgan fingerprint density at radius 1 is 1.25 bits per heavy atom. The average Bonchev–Trinajstić information content (AvgIpc) is 3.17. The summed E-state index contributed by atoms with van der Waals surface area (Å²) in [5.41, 5.74) is 4.35. The van der Waals surface area contributed by atoms with Crippen molar-refractivity contribution < 1.29 is 33.8 Å². The smallest absolute Gasteiger partial charge is 0.333 e. The Hall–Kier alpha value is -3.47. The fourth-order valence-electron chi connectivity index (χ4n) is 2.95. The van der Waals surface area contributed by atoms with Gasteiger partial charge in [-0.3, -0.25) is 10.2 Å². The predicted molar refractivity (Wildman–Crippen MR) is 111 cm³/mol. The van der Waals surface area contributed by atoms with Gasteiger partial charge in [-0.2, -0.15) is 0 Å². The van der Waals surface area contributed by atoms with E-state index in [1.54, 1.807) is 31.2 Å². The van der Waals surface area contributed by atoms with Crippen molar-refractivity contribution in [2.24, 2.45) is 0 Å². The van der Waals surface area contributed by atoms with E-state index in [9.17, 15) is 24.2 Å². The van der Waals surface area contributed by atoms with Gasteiger partial charge in [0.05, 0.1) is 12.6 Å². The zero-order valence-corrected chi connectivity index (χ0v) is 17.5. The van der Waals surface area contributed by atoms with E-state index >= 15 is 0 Å². The van der Waals surface area contributed by atoms with Crippen LogP contribution in [-0.2, 0) is 11.3 Å². The van der Waals surface area contributed by atoms with Crippen molar-refractivity contribution >= 4 is 23.5 Å². The highest BCUT2D eigenvalue weighted by atomic mass is 35.5. The number of benzene rings is 2. The van der Waals surface area contributed by atoms with Crippen LogP contribution in [0.4, 0.5) is 4.39 Å². The number of aromatic nitrogens is 1. The standard InChI is InChI=1S/C21H19ClFN3O6/c1-11-6-14(22)7-15(19(11)23)13-4-2-12(3-5-13)9-26(10-16(27)21(30)31)24-20(29)17-8-18(28)25-32-17/h2-8,16,27H,9-10H2,1H3,(H,24,29)(H,25,28)(H,30,31). The van der Waals surface area contributed by atoms with Crippen LogP contribution in [0.3, 0.4) is 0 Å². The number of hydrogen-bond donors (Lipinski definition) is 4. The normalized spacial score (nSPS) is 12.0. The number of aromatic hydroxyl groups is 1. The molecule has 9 nitrogen and oxygen atoms in total. The van der Waals surface area contributed by atoms with E-state index in [4.69, 9.17) is 16.7 Å². The molecule has 1 amide bonds. The minimum atomic E-state index is -1.78. The molecule has 11 heteroatoms. The summed E-state index contributed by atoms with van der Waals surface area (Å²) < 4.78 is 19.1. The zero-order valence-electron chi connectivity index (χ0n) is 16.7. The molecule has 1 heterocycles. The maximum Gasteiger partial charge on any atom is 0.333 e. The number of halogens is 2. The minimum absolute atomic E-state index is 0.00748. The molecule has 2 aromatic carbocycles. The quantitative estimate of drug-likeness (QED) is 0.374. The van der Waals surface area contributed by atoms with E-state index in [-0.39, 0.29) is 12.3 Å². The zero-order chi connectivity index (χ0) is 23.4. The number of hydrazine groups is 1. The average molecular weight is 464 g/mol. The first-order valence-electron chi connectivity index (χ1n) is 9.31. The number of amides is 1. The maximum absolute atomic E-state index is 14.5. The first-order valence-corrected chi connectivity index (χ1v) is 9.69. The fraction of sp³-hybridized carbons (Fsp3) is 0.190. The summed E-state index contributed by atoms with van der Waals surface area (Å²) in [7, 11) is 0. The number of carbonyl (C=O) groups is 2. The van der Waals surface area contributed by atoms with E-state index in [2.05, 4.69) is 15.1 Å². The number of aryl methyl sites for hydroxylation is 1. The first-order chi connectivity index (χ1) is 15.1. The number of rotatable bonds is 8. The van der Waals surface area contributed by atoms with Crippen LogP contribution in [0.5, 0.6) is 5.88 Å². The van der Waals surface area contributed by atoms with Crippen LogP contribution in [0, 0.1) is 12.7 Å². The maximum atomic E-state index is 14.5. The first kappa shape index (κ1) is 23.2. The summed E-state index contributed by atoms with van der Waals surface area (Å²) in [5, 5.41) is 32.7. The molecule has 3 aromatic rings. The number of carboxylic acids is 1. The molecule has 1 atom stereocenters. The molecule has 0 saturated heterocycles. The number of nitrogens with one attached hydrogen (secondary N) is 1. The summed E-state index contributed by atoms with van der Waals surface area (Å²) in [6.07, 6.45) is -1.78. The molecule has 0 bridgehead atoms. The summed E-state index contributed by atoms with van der Waals surface area (Å²) in [5.74, 6) is -3.46. The van der Waals surface area contributed by atoms with E-state index in [1.165, 1.54) is 17.1 Å². The molecule has 0 spiro atoms. The van der Waals surface area contributed by atoms with Gasteiger partial charge in [0.1, 0.15) is 5.82 Å². The summed E-state index contributed by atoms with van der Waals surface area (Å²) in [4.78, 5) is 23.3. The molecule has 3 rings (SSSR count). The van der Waals surface area contributed by atoms with E-state index < -0.39 is 36.2 Å². The highest BCUT2D eigenvalue weighted by molar-refractivity contribution is 6.31. The number of carboxylic acid groups (broad SMARTS) is 1. The number of hydrogen-bond acceptors (Lipinski definition) is 7. The van der Waals surface area contributed by atoms with Crippen LogP contribution in [0.25, 0.3) is 11.1 Å². The summed E-state index contributed by atoms with van der Waals surface area (Å²) in [6, 6.07) is 10.7. The van der Waals surface area contributed by atoms with Gasteiger partial charge in [0, 0.05) is 17.1 Å². The molecule has 4 N–H and O–H groups in total. The Labute approximate surface area is 186 Å². The fourth-order valence-corrected chi connectivity index (χ4v) is 3.23. The largest absolute Gasteiger partial charge is 0.491 e. The van der Waals surface area contributed by atoms with Crippen molar-refractivity contribution in [3.8, 4) is 17.0 Å². The molecule has 0 aliphatic rings. The number of aliphatic hydroxyl groups is 1. The highest BCUT2D eigenvalue weighted by Crippen LogP contribution is 2.29. The van der Waals surface area contributed by atoms with Gasteiger partial charge in [0.15, 0.2) is 6.10 Å². The van der Waals surface area contributed by atoms with E-state index in [1.807, 2.05) is 0 Å². The lowest BCUT2D eigenvalue weighted by Gasteiger charge is -2.24. The molecule has 1 unspecified atom stereocenters. The Kier molecular flexibility index (Phi) is 7.08. The van der Waals surface area contributed by atoms with Crippen LogP contribution in [-0.4, -0.2) is 50.0 Å². The molecular weight excluding hydrogens is 445 g/mol. The molecule has 32 heavy (non-hydrogen) atoms. The Bertz CT molecular complexity index is 1140. The second kappa shape index (κ2) is 9.77. The monoisotopic (exact) mass is 463 g/mol. The van der Waals surface area contributed by atoms with Gasteiger partial charge in [0.2, 0.25) is 5.76 Å². The van der Waals surface area contributed by atoms with E-state index in [0.29, 0.717) is 27.3 Å². The van der Waals surface area contributed by atoms with Crippen LogP contribution < -0.4 is 5.43 Å². The predicted octanol–water partition coefficient (Wildman–Crippen LogP) is 2.74. The molecule has 168 valence electrons. The third-order valence-electron chi connectivity index (χ3n) is 4.52. The third-order valence-corrected chi connectivity index (χ3v) is 4.74. The molecule has 0 saturated carbocycles. The van der Waals surface area contributed by atoms with Crippen molar-refractivity contribution in [3.63, 3.8) is 0 Å². The number of nitrogens with zero attached hydrogens (tertiary/aromatic N) is 2. The molecular formula is C21H19ClFN3O6. The van der Waals surface area contributed by atoms with E-state index in [0.717, 1.165) is 6.07 Å². The van der Waals surface area contributed by atoms with Gasteiger partial charge < -0.3 is 19.8 Å².